The van der Waals surface area contributed by atoms with E-state index in [1.165, 1.54) is 0 Å². The Balaban J connectivity index is 1.52. The minimum Gasteiger partial charge on any atom is -0.481 e. The van der Waals surface area contributed by atoms with Gasteiger partial charge in [-0.05, 0) is 29.5 Å². The van der Waals surface area contributed by atoms with E-state index in [0.29, 0.717) is 24.0 Å². The number of aliphatic carboxylic acids is 1. The third kappa shape index (κ3) is 4.49. The zero-order chi connectivity index (χ0) is 20.1. The van der Waals surface area contributed by atoms with Crippen LogP contribution in [0.25, 0.3) is 0 Å². The van der Waals surface area contributed by atoms with Gasteiger partial charge in [-0.3, -0.25) is 4.79 Å². The molecule has 0 saturated heterocycles. The smallest absolute Gasteiger partial charge is 0.407 e. The highest BCUT2D eigenvalue weighted by Gasteiger charge is 2.51. The van der Waals surface area contributed by atoms with Gasteiger partial charge in [0, 0.05) is 6.54 Å². The van der Waals surface area contributed by atoms with Crippen molar-refractivity contribution >= 4 is 12.1 Å². The maximum atomic E-state index is 11.8. The van der Waals surface area contributed by atoms with Crippen molar-refractivity contribution in [2.24, 2.45) is 0 Å². The molecule has 148 valence electrons. The Kier molecular flexibility index (Phi) is 5.96. The maximum Gasteiger partial charge on any atom is 0.407 e. The average molecular weight is 385 g/mol. The van der Waals surface area contributed by atoms with Gasteiger partial charge in [-0.1, -0.05) is 54.6 Å². The fourth-order valence-corrected chi connectivity index (χ4v) is 3.07. The molecule has 0 aromatic heterocycles. The van der Waals surface area contributed by atoms with Crippen LogP contribution in [0.1, 0.15) is 35.6 Å². The number of aliphatic hydroxyl groups excluding tert-OH is 2. The average Bonchev–Trinajstić information content (AvgIpc) is 3.53. The van der Waals surface area contributed by atoms with Gasteiger partial charge in [-0.15, -0.1) is 0 Å². The fraction of sp³-hybridized carbons (Fsp3) is 0.333. The molecule has 2 unspecified atom stereocenters. The van der Waals surface area contributed by atoms with E-state index in [9.17, 15) is 24.9 Å². The molecule has 0 radical (unpaired) electrons. The predicted octanol–water partition coefficient (Wildman–Crippen LogP) is 2.12. The summed E-state index contributed by atoms with van der Waals surface area (Å²) in [4.78, 5) is 23.2. The number of carbonyl (C=O) groups excluding carboxylic acids is 1. The Labute approximate surface area is 162 Å². The van der Waals surface area contributed by atoms with Crippen molar-refractivity contribution in [1.29, 1.82) is 0 Å². The second kappa shape index (κ2) is 8.41. The molecule has 1 aliphatic carbocycles. The summed E-state index contributed by atoms with van der Waals surface area (Å²) >= 11 is 0. The molecule has 0 bridgehead atoms. The normalized spacial score (nSPS) is 16.6. The lowest BCUT2D eigenvalue weighted by Crippen LogP contribution is -2.35. The first-order chi connectivity index (χ1) is 13.4. The zero-order valence-electron chi connectivity index (χ0n) is 15.2. The van der Waals surface area contributed by atoms with Crippen LogP contribution in [-0.4, -0.2) is 40.0 Å². The molecule has 1 fully saturated rings. The molecule has 28 heavy (non-hydrogen) atoms. The molecule has 0 heterocycles. The molecule has 4 N–H and O–H groups in total. The van der Waals surface area contributed by atoms with E-state index in [1.54, 1.807) is 24.3 Å². The van der Waals surface area contributed by atoms with Crippen molar-refractivity contribution in [3.8, 4) is 0 Å². The van der Waals surface area contributed by atoms with Gasteiger partial charge in [-0.2, -0.15) is 0 Å². The van der Waals surface area contributed by atoms with Crippen molar-refractivity contribution in [2.75, 3.05) is 6.54 Å². The number of nitrogens with one attached hydrogen (secondary N) is 1. The highest BCUT2D eigenvalue weighted by Crippen LogP contribution is 2.48. The first-order valence-corrected chi connectivity index (χ1v) is 9.07. The number of carboxylic acid groups (broad SMARTS) is 1. The minimum atomic E-state index is -1.26. The summed E-state index contributed by atoms with van der Waals surface area (Å²) in [5.74, 6) is -0.887. The van der Waals surface area contributed by atoms with Crippen LogP contribution < -0.4 is 5.32 Å². The number of ether oxygens (including phenoxy) is 1. The van der Waals surface area contributed by atoms with Gasteiger partial charge in [0.05, 0.1) is 5.41 Å². The van der Waals surface area contributed by atoms with E-state index in [4.69, 9.17) is 4.74 Å². The molecule has 2 atom stereocenters. The van der Waals surface area contributed by atoms with Gasteiger partial charge in [0.2, 0.25) is 0 Å². The van der Waals surface area contributed by atoms with Gasteiger partial charge in [-0.25, -0.2) is 4.79 Å². The van der Waals surface area contributed by atoms with E-state index >= 15 is 0 Å². The first kappa shape index (κ1) is 19.9. The summed E-state index contributed by atoms with van der Waals surface area (Å²) in [6.07, 6.45) is -2.12. The SMILES string of the molecule is O=C(NCC(O)C(O)c1cccc(C2(C(=O)O)CC2)c1)OCc1ccccc1. The number of benzene rings is 2. The molecule has 7 heteroatoms. The largest absolute Gasteiger partial charge is 0.481 e. The molecule has 0 aliphatic heterocycles. The number of hydrogen-bond donors (Lipinski definition) is 4. The summed E-state index contributed by atoms with van der Waals surface area (Å²) in [6.45, 7) is -0.103. The van der Waals surface area contributed by atoms with Gasteiger partial charge < -0.3 is 25.4 Å². The van der Waals surface area contributed by atoms with Crippen LogP contribution in [0, 0.1) is 0 Å². The Hall–Kier alpha value is -2.90. The van der Waals surface area contributed by atoms with Crippen LogP contribution in [0.3, 0.4) is 0 Å². The molecule has 7 nitrogen and oxygen atoms in total. The monoisotopic (exact) mass is 385 g/mol. The molecule has 2 aromatic carbocycles. The number of amides is 1. The van der Waals surface area contributed by atoms with Crippen LogP contribution in [-0.2, 0) is 21.6 Å². The number of rotatable bonds is 8. The Morgan fingerprint density at radius 1 is 1.07 bits per heavy atom. The second-order valence-corrected chi connectivity index (χ2v) is 6.97. The quantitative estimate of drug-likeness (QED) is 0.553. The van der Waals surface area contributed by atoms with Gasteiger partial charge in [0.25, 0.3) is 0 Å². The molecule has 3 rings (SSSR count). The molecular formula is C21H23NO6. The van der Waals surface area contributed by atoms with Gasteiger partial charge in [0.1, 0.15) is 18.8 Å². The molecular weight excluding hydrogens is 362 g/mol. The zero-order valence-corrected chi connectivity index (χ0v) is 15.2. The Morgan fingerprint density at radius 3 is 2.43 bits per heavy atom. The summed E-state index contributed by atoms with van der Waals surface area (Å²) in [6, 6.07) is 15.8. The van der Waals surface area contributed by atoms with Gasteiger partial charge >= 0.3 is 12.1 Å². The van der Waals surface area contributed by atoms with Crippen molar-refractivity contribution in [3.05, 3.63) is 71.3 Å². The second-order valence-electron chi connectivity index (χ2n) is 6.97. The summed E-state index contributed by atoms with van der Waals surface area (Å²) in [7, 11) is 0. The van der Waals surface area contributed by atoms with Crippen LogP contribution >= 0.6 is 0 Å². The number of carbonyl (C=O) groups is 2. The van der Waals surface area contributed by atoms with E-state index in [1.807, 2.05) is 30.3 Å². The van der Waals surface area contributed by atoms with E-state index in [-0.39, 0.29) is 13.2 Å². The van der Waals surface area contributed by atoms with Gasteiger partial charge in [0.15, 0.2) is 0 Å². The number of hydrogen-bond acceptors (Lipinski definition) is 5. The standard InChI is InChI=1S/C21H23NO6/c23-17(12-22-20(27)28-13-14-5-2-1-3-6-14)18(24)15-7-4-8-16(11-15)21(9-10-21)19(25)26/h1-8,11,17-18,23-24H,9-10,12-13H2,(H,22,27)(H,25,26). The van der Waals surface area contributed by atoms with E-state index < -0.39 is 29.7 Å². The van der Waals surface area contributed by atoms with Crippen LogP contribution in [0.2, 0.25) is 0 Å². The summed E-state index contributed by atoms with van der Waals surface area (Å²) < 4.78 is 5.05. The first-order valence-electron chi connectivity index (χ1n) is 9.07. The number of carboxylic acids is 1. The Morgan fingerprint density at radius 2 is 1.79 bits per heavy atom. The summed E-state index contributed by atoms with van der Waals surface area (Å²) in [5.41, 5.74) is 0.957. The maximum absolute atomic E-state index is 11.8. The van der Waals surface area contributed by atoms with Crippen LogP contribution in [0.15, 0.2) is 54.6 Å². The van der Waals surface area contributed by atoms with Crippen molar-refractivity contribution in [3.63, 3.8) is 0 Å². The third-order valence-corrected chi connectivity index (χ3v) is 4.97. The molecule has 0 spiro atoms. The predicted molar refractivity (Wildman–Crippen MR) is 101 cm³/mol. The van der Waals surface area contributed by atoms with E-state index in [2.05, 4.69) is 5.32 Å². The minimum absolute atomic E-state index is 0.102. The van der Waals surface area contributed by atoms with Crippen molar-refractivity contribution in [1.82, 2.24) is 5.32 Å². The van der Waals surface area contributed by atoms with Crippen molar-refractivity contribution in [2.45, 2.75) is 37.1 Å². The lowest BCUT2D eigenvalue weighted by molar-refractivity contribution is -0.140. The highest BCUT2D eigenvalue weighted by molar-refractivity contribution is 5.84. The lowest BCUT2D eigenvalue weighted by atomic mass is 9.92. The van der Waals surface area contributed by atoms with Crippen LogP contribution in [0.4, 0.5) is 4.79 Å². The fourth-order valence-electron chi connectivity index (χ4n) is 3.07. The number of aliphatic hydroxyl groups is 2. The molecule has 2 aromatic rings. The third-order valence-electron chi connectivity index (χ3n) is 4.97. The number of alkyl carbamates (subject to hydrolysis) is 1. The highest BCUT2D eigenvalue weighted by atomic mass is 16.5. The lowest BCUT2D eigenvalue weighted by Gasteiger charge is -2.20. The van der Waals surface area contributed by atoms with E-state index in [0.717, 1.165) is 5.56 Å². The molecule has 1 aliphatic rings. The topological polar surface area (TPSA) is 116 Å². The molecule has 1 saturated carbocycles. The van der Waals surface area contributed by atoms with Crippen molar-refractivity contribution < 1.29 is 29.6 Å². The summed E-state index contributed by atoms with van der Waals surface area (Å²) in [5, 5.41) is 32.4. The van der Waals surface area contributed by atoms with Crippen LogP contribution in [0.5, 0.6) is 0 Å². The Bertz CT molecular complexity index is 834. The molecule has 1 amide bonds.